The van der Waals surface area contributed by atoms with Gasteiger partial charge in [0, 0.05) is 6.04 Å². The molecule has 0 aromatic heterocycles. The Kier molecular flexibility index (Phi) is 11.3. The SMILES string of the molecule is CCCCCCCCCCC1CC(CCC)CCC1NC. The Morgan fingerprint density at radius 1 is 0.762 bits per heavy atom. The Morgan fingerprint density at radius 2 is 1.43 bits per heavy atom. The summed E-state index contributed by atoms with van der Waals surface area (Å²) in [6, 6.07) is 0.808. The molecule has 0 saturated heterocycles. The van der Waals surface area contributed by atoms with Crippen molar-refractivity contribution in [1.29, 1.82) is 0 Å². The molecule has 0 spiro atoms. The maximum Gasteiger partial charge on any atom is 0.00925 e. The summed E-state index contributed by atoms with van der Waals surface area (Å²) in [7, 11) is 2.17. The molecule has 3 atom stereocenters. The van der Waals surface area contributed by atoms with Gasteiger partial charge in [-0.25, -0.2) is 0 Å². The predicted octanol–water partition coefficient (Wildman–Crippen LogP) is 6.32. The van der Waals surface area contributed by atoms with Gasteiger partial charge in [0.15, 0.2) is 0 Å². The van der Waals surface area contributed by atoms with Crippen molar-refractivity contribution in [3.05, 3.63) is 0 Å². The Morgan fingerprint density at radius 3 is 2.05 bits per heavy atom. The highest BCUT2D eigenvalue weighted by Crippen LogP contribution is 2.35. The van der Waals surface area contributed by atoms with Gasteiger partial charge in [-0.2, -0.15) is 0 Å². The van der Waals surface area contributed by atoms with E-state index >= 15 is 0 Å². The van der Waals surface area contributed by atoms with Gasteiger partial charge >= 0.3 is 0 Å². The third-order valence-corrected chi connectivity index (χ3v) is 5.59. The number of rotatable bonds is 12. The number of nitrogens with one attached hydrogen (secondary N) is 1. The van der Waals surface area contributed by atoms with Crippen molar-refractivity contribution in [3.63, 3.8) is 0 Å². The standard InChI is InChI=1S/C20H41N/c1-4-6-7-8-9-10-11-12-14-19-17-18(13-5-2)15-16-20(19)21-3/h18-21H,4-17H2,1-3H3. The van der Waals surface area contributed by atoms with Crippen LogP contribution in [0.5, 0.6) is 0 Å². The molecule has 0 aromatic carbocycles. The molecule has 3 unspecified atom stereocenters. The smallest absolute Gasteiger partial charge is 0.00925 e. The zero-order chi connectivity index (χ0) is 15.3. The first-order valence-electron chi connectivity index (χ1n) is 9.99. The molecule has 1 saturated carbocycles. The minimum absolute atomic E-state index is 0.808. The predicted molar refractivity (Wildman–Crippen MR) is 95.8 cm³/mol. The van der Waals surface area contributed by atoms with Crippen LogP contribution < -0.4 is 5.32 Å². The van der Waals surface area contributed by atoms with Crippen LogP contribution in [0.4, 0.5) is 0 Å². The van der Waals surface area contributed by atoms with Gasteiger partial charge in [0.1, 0.15) is 0 Å². The average Bonchev–Trinajstić information content (AvgIpc) is 2.50. The minimum atomic E-state index is 0.808. The highest BCUT2D eigenvalue weighted by Gasteiger charge is 2.28. The molecule has 0 amide bonds. The summed E-state index contributed by atoms with van der Waals surface area (Å²) in [5.41, 5.74) is 0. The van der Waals surface area contributed by atoms with E-state index in [1.807, 2.05) is 0 Å². The third-order valence-electron chi connectivity index (χ3n) is 5.59. The molecule has 0 bridgehead atoms. The molecule has 0 aromatic rings. The third kappa shape index (κ3) is 8.24. The van der Waals surface area contributed by atoms with E-state index in [4.69, 9.17) is 0 Å². The van der Waals surface area contributed by atoms with E-state index in [9.17, 15) is 0 Å². The van der Waals surface area contributed by atoms with Crippen LogP contribution in [0.3, 0.4) is 0 Å². The van der Waals surface area contributed by atoms with E-state index in [2.05, 4.69) is 26.2 Å². The van der Waals surface area contributed by atoms with Crippen LogP contribution in [0.25, 0.3) is 0 Å². The first kappa shape index (κ1) is 19.0. The molecule has 1 heteroatoms. The first-order valence-corrected chi connectivity index (χ1v) is 9.99. The summed E-state index contributed by atoms with van der Waals surface area (Å²) >= 11 is 0. The lowest BCUT2D eigenvalue weighted by molar-refractivity contribution is 0.188. The lowest BCUT2D eigenvalue weighted by Gasteiger charge is -2.36. The van der Waals surface area contributed by atoms with Crippen molar-refractivity contribution in [2.24, 2.45) is 11.8 Å². The molecule has 21 heavy (non-hydrogen) atoms. The van der Waals surface area contributed by atoms with Crippen LogP contribution in [0, 0.1) is 11.8 Å². The zero-order valence-corrected chi connectivity index (χ0v) is 15.1. The van der Waals surface area contributed by atoms with E-state index in [-0.39, 0.29) is 0 Å². The van der Waals surface area contributed by atoms with E-state index < -0.39 is 0 Å². The summed E-state index contributed by atoms with van der Waals surface area (Å²) in [6.45, 7) is 4.64. The van der Waals surface area contributed by atoms with Gasteiger partial charge in [0.25, 0.3) is 0 Å². The molecule has 1 fully saturated rings. The van der Waals surface area contributed by atoms with Gasteiger partial charge in [-0.15, -0.1) is 0 Å². The summed E-state index contributed by atoms with van der Waals surface area (Å²) in [4.78, 5) is 0. The van der Waals surface area contributed by atoms with E-state index in [1.165, 1.54) is 89.9 Å². The normalized spacial score (nSPS) is 26.1. The molecule has 0 aliphatic heterocycles. The van der Waals surface area contributed by atoms with Gasteiger partial charge in [0.2, 0.25) is 0 Å². The fourth-order valence-corrected chi connectivity index (χ4v) is 4.27. The van der Waals surface area contributed by atoms with Crippen molar-refractivity contribution in [2.45, 2.75) is 110 Å². The molecule has 1 nitrogen and oxygen atoms in total. The molecule has 1 N–H and O–H groups in total. The van der Waals surface area contributed by atoms with Crippen molar-refractivity contribution >= 4 is 0 Å². The minimum Gasteiger partial charge on any atom is -0.317 e. The highest BCUT2D eigenvalue weighted by atomic mass is 14.9. The molecule has 1 aliphatic carbocycles. The largest absolute Gasteiger partial charge is 0.317 e. The topological polar surface area (TPSA) is 12.0 Å². The molecule has 0 heterocycles. The second-order valence-electron chi connectivity index (χ2n) is 7.39. The highest BCUT2D eigenvalue weighted by molar-refractivity contribution is 4.83. The van der Waals surface area contributed by atoms with Gasteiger partial charge in [-0.3, -0.25) is 0 Å². The molecule has 1 rings (SSSR count). The Labute approximate surface area is 134 Å². The number of hydrogen-bond acceptors (Lipinski definition) is 1. The Hall–Kier alpha value is -0.0400. The lowest BCUT2D eigenvalue weighted by atomic mass is 9.74. The van der Waals surface area contributed by atoms with E-state index in [1.54, 1.807) is 0 Å². The monoisotopic (exact) mass is 295 g/mol. The zero-order valence-electron chi connectivity index (χ0n) is 15.1. The van der Waals surface area contributed by atoms with Crippen molar-refractivity contribution in [3.8, 4) is 0 Å². The van der Waals surface area contributed by atoms with Gasteiger partial charge in [0.05, 0.1) is 0 Å². The van der Waals surface area contributed by atoms with Gasteiger partial charge < -0.3 is 5.32 Å². The van der Waals surface area contributed by atoms with Crippen LogP contribution >= 0.6 is 0 Å². The number of unbranched alkanes of at least 4 members (excludes halogenated alkanes) is 7. The summed E-state index contributed by atoms with van der Waals surface area (Å²) in [5, 5.41) is 3.59. The van der Waals surface area contributed by atoms with Gasteiger partial charge in [-0.05, 0) is 44.6 Å². The van der Waals surface area contributed by atoms with Crippen LogP contribution in [0.15, 0.2) is 0 Å². The molecule has 1 aliphatic rings. The van der Waals surface area contributed by atoms with Crippen LogP contribution in [0.2, 0.25) is 0 Å². The van der Waals surface area contributed by atoms with Crippen molar-refractivity contribution in [2.75, 3.05) is 7.05 Å². The number of hydrogen-bond donors (Lipinski definition) is 1. The maximum atomic E-state index is 3.59. The quantitative estimate of drug-likeness (QED) is 0.415. The Balaban J connectivity index is 2.09. The van der Waals surface area contributed by atoms with Gasteiger partial charge in [-0.1, -0.05) is 78.1 Å². The Bertz CT molecular complexity index is 226. The van der Waals surface area contributed by atoms with E-state index in [0.717, 1.165) is 17.9 Å². The second-order valence-corrected chi connectivity index (χ2v) is 7.39. The van der Waals surface area contributed by atoms with Crippen molar-refractivity contribution in [1.82, 2.24) is 5.32 Å². The van der Waals surface area contributed by atoms with Crippen molar-refractivity contribution < 1.29 is 0 Å². The fourth-order valence-electron chi connectivity index (χ4n) is 4.27. The molecular formula is C20H41N. The van der Waals surface area contributed by atoms with Crippen LogP contribution in [0.1, 0.15) is 104 Å². The average molecular weight is 296 g/mol. The first-order chi connectivity index (χ1) is 10.3. The fraction of sp³-hybridized carbons (Fsp3) is 1.00. The molecule has 0 radical (unpaired) electrons. The summed E-state index contributed by atoms with van der Waals surface area (Å²) < 4.78 is 0. The summed E-state index contributed by atoms with van der Waals surface area (Å²) in [5.74, 6) is 1.99. The molecule has 126 valence electrons. The molecular weight excluding hydrogens is 254 g/mol. The van der Waals surface area contributed by atoms with E-state index in [0.29, 0.717) is 0 Å². The maximum absolute atomic E-state index is 3.59. The van der Waals surface area contributed by atoms with Crippen LogP contribution in [-0.4, -0.2) is 13.1 Å². The summed E-state index contributed by atoms with van der Waals surface area (Å²) in [6.07, 6.45) is 20.3. The second kappa shape index (κ2) is 12.5. The lowest BCUT2D eigenvalue weighted by Crippen LogP contribution is -2.38. The van der Waals surface area contributed by atoms with Crippen LogP contribution in [-0.2, 0) is 0 Å².